The van der Waals surface area contributed by atoms with Crippen molar-refractivity contribution in [3.05, 3.63) is 125 Å². The second-order valence-corrected chi connectivity index (χ2v) is 16.4. The van der Waals surface area contributed by atoms with Crippen LogP contribution in [0.2, 0.25) is 0 Å². The maximum Gasteiger partial charge on any atom is 0.264 e. The molecule has 1 unspecified atom stereocenters. The minimum absolute atomic E-state index is 0.0563. The van der Waals surface area contributed by atoms with E-state index in [-0.39, 0.29) is 35.6 Å². The Bertz CT molecular complexity index is 2340. The number of piperazine rings is 1. The summed E-state index contributed by atoms with van der Waals surface area (Å²) in [5, 5.41) is 15.3. The maximum absolute atomic E-state index is 13.2. The van der Waals surface area contributed by atoms with Crippen LogP contribution in [0, 0.1) is 0 Å². The van der Waals surface area contributed by atoms with E-state index in [1.54, 1.807) is 30.3 Å². The summed E-state index contributed by atoms with van der Waals surface area (Å²) in [5.41, 5.74) is 6.18. The van der Waals surface area contributed by atoms with Crippen molar-refractivity contribution in [2.24, 2.45) is 0 Å². The fraction of sp³-hybridized carbons (Fsp3) is 0.380. The van der Waals surface area contributed by atoms with Crippen molar-refractivity contribution in [1.29, 1.82) is 0 Å². The molecule has 1 atom stereocenters. The molecule has 7 rings (SSSR count). The Morgan fingerprint density at radius 3 is 2.06 bits per heavy atom. The summed E-state index contributed by atoms with van der Waals surface area (Å²) < 4.78 is 23.0. The number of ether oxygens (including phenoxy) is 4. The van der Waals surface area contributed by atoms with E-state index in [0.29, 0.717) is 90.3 Å². The number of benzene rings is 4. The molecule has 4 aromatic rings. The second kappa shape index (κ2) is 23.9. The van der Waals surface area contributed by atoms with E-state index in [1.807, 2.05) is 47.4 Å². The van der Waals surface area contributed by atoms with Crippen LogP contribution in [0.15, 0.2) is 97.1 Å². The van der Waals surface area contributed by atoms with E-state index in [4.69, 9.17) is 30.5 Å². The van der Waals surface area contributed by atoms with Gasteiger partial charge >= 0.3 is 0 Å². The average Bonchev–Trinajstić information content (AvgIpc) is 3.59. The first kappa shape index (κ1) is 47.9. The molecule has 3 heterocycles. The van der Waals surface area contributed by atoms with Crippen LogP contribution in [0.4, 0.5) is 5.69 Å². The van der Waals surface area contributed by atoms with Gasteiger partial charge in [0.2, 0.25) is 17.7 Å². The van der Waals surface area contributed by atoms with Crippen molar-refractivity contribution < 1.29 is 48.0 Å². The van der Waals surface area contributed by atoms with Crippen molar-refractivity contribution in [2.45, 2.75) is 31.7 Å². The van der Waals surface area contributed by atoms with Gasteiger partial charge in [-0.15, -0.1) is 11.6 Å². The third kappa shape index (κ3) is 12.4. The van der Waals surface area contributed by atoms with Gasteiger partial charge in [0, 0.05) is 57.3 Å². The van der Waals surface area contributed by atoms with Crippen LogP contribution >= 0.6 is 11.6 Å². The number of phenols is 1. The standard InChI is InChI=1S/C50H56ClN5O10/c51-21-19-40(35-5-2-1-3-6-35)46(36-9-13-38(57)14-10-36)37-11-15-39(16-12-37)66-30-27-54-23-25-55(26-24-54)45(59)20-28-63-31-33-65-34-32-64-29-22-52-42-8-4-7-41-47(42)50(62)56(49(41)61)43-17-18-44(58)53-48(43)60/h1-16,43,52,57H,17-34H2,(H,53,58,60). The lowest BCUT2D eigenvalue weighted by atomic mass is 9.88. The van der Waals surface area contributed by atoms with Gasteiger partial charge < -0.3 is 34.3 Å². The van der Waals surface area contributed by atoms with Crippen LogP contribution in [-0.2, 0) is 28.6 Å². The van der Waals surface area contributed by atoms with E-state index >= 15 is 0 Å². The predicted molar refractivity (Wildman–Crippen MR) is 249 cm³/mol. The molecule has 16 heteroatoms. The molecule has 2 saturated heterocycles. The van der Waals surface area contributed by atoms with E-state index in [0.717, 1.165) is 58.1 Å². The maximum atomic E-state index is 13.2. The van der Waals surface area contributed by atoms with Gasteiger partial charge in [-0.25, -0.2) is 0 Å². The highest BCUT2D eigenvalue weighted by molar-refractivity contribution is 6.25. The highest BCUT2D eigenvalue weighted by Gasteiger charge is 2.45. The van der Waals surface area contributed by atoms with Crippen molar-refractivity contribution in [1.82, 2.24) is 20.0 Å². The molecule has 0 spiro atoms. The molecule has 0 bridgehead atoms. The molecule has 15 nitrogen and oxygen atoms in total. The number of halogens is 1. The summed E-state index contributed by atoms with van der Waals surface area (Å²) in [6.07, 6.45) is 1.13. The minimum atomic E-state index is -1.02. The molecular formula is C50H56ClN5O10. The van der Waals surface area contributed by atoms with Crippen LogP contribution in [0.25, 0.3) is 11.1 Å². The topological polar surface area (TPSA) is 176 Å². The van der Waals surface area contributed by atoms with Crippen molar-refractivity contribution in [3.8, 4) is 11.5 Å². The number of carbonyl (C=O) groups is 5. The monoisotopic (exact) mass is 921 g/mol. The Morgan fingerprint density at radius 2 is 1.38 bits per heavy atom. The summed E-state index contributed by atoms with van der Waals surface area (Å²) in [7, 11) is 0. The predicted octanol–water partition coefficient (Wildman–Crippen LogP) is 5.46. The van der Waals surface area contributed by atoms with Gasteiger partial charge in [0.1, 0.15) is 24.1 Å². The van der Waals surface area contributed by atoms with Gasteiger partial charge in [0.15, 0.2) is 0 Å². The zero-order chi connectivity index (χ0) is 46.3. The summed E-state index contributed by atoms with van der Waals surface area (Å²) in [5.74, 6) is -0.673. The lowest BCUT2D eigenvalue weighted by Gasteiger charge is -2.34. The van der Waals surface area contributed by atoms with Crippen LogP contribution < -0.4 is 15.4 Å². The fourth-order valence-corrected chi connectivity index (χ4v) is 8.49. The SMILES string of the molecule is O=C1CCC(N2C(=O)c3cccc(NCCOCCOCCOCCC(=O)N4CCN(CCOc5ccc(C(=C(CCCl)c6ccccc6)c6ccc(O)cc6)cc5)CC4)c3C2=O)C(=O)N1. The number of carbonyl (C=O) groups excluding carboxylic acids is 5. The van der Waals surface area contributed by atoms with Gasteiger partial charge in [-0.3, -0.25) is 39.1 Å². The molecular weight excluding hydrogens is 866 g/mol. The summed E-state index contributed by atoms with van der Waals surface area (Å²) in [6, 6.07) is 29.5. The molecule has 0 saturated carbocycles. The Kier molecular flexibility index (Phi) is 17.3. The quantitative estimate of drug-likeness (QED) is 0.0372. The van der Waals surface area contributed by atoms with Gasteiger partial charge in [0.05, 0.1) is 57.2 Å². The second-order valence-electron chi connectivity index (χ2n) is 16.0. The van der Waals surface area contributed by atoms with Gasteiger partial charge in [-0.05, 0) is 77.1 Å². The molecule has 2 fully saturated rings. The first-order chi connectivity index (χ1) is 32.2. The van der Waals surface area contributed by atoms with Gasteiger partial charge in [-0.2, -0.15) is 0 Å². The summed E-state index contributed by atoms with van der Waals surface area (Å²) in [6.45, 7) is 6.51. The Labute approximate surface area is 389 Å². The molecule has 66 heavy (non-hydrogen) atoms. The number of imide groups is 2. The van der Waals surface area contributed by atoms with E-state index in [2.05, 4.69) is 39.8 Å². The number of rotatable bonds is 23. The number of nitrogens with one attached hydrogen (secondary N) is 2. The van der Waals surface area contributed by atoms with Gasteiger partial charge in [0.25, 0.3) is 11.8 Å². The molecule has 348 valence electrons. The molecule has 3 aliphatic heterocycles. The van der Waals surface area contributed by atoms with E-state index in [1.165, 1.54) is 0 Å². The average molecular weight is 922 g/mol. The summed E-state index contributed by atoms with van der Waals surface area (Å²) in [4.78, 5) is 68.2. The number of nitrogens with zero attached hydrogens (tertiary/aromatic N) is 3. The number of piperidine rings is 1. The minimum Gasteiger partial charge on any atom is -0.508 e. The molecule has 3 N–H and O–H groups in total. The number of alkyl halides is 1. The third-order valence-corrected chi connectivity index (χ3v) is 11.9. The highest BCUT2D eigenvalue weighted by atomic mass is 35.5. The Morgan fingerprint density at radius 1 is 0.712 bits per heavy atom. The molecule has 0 aliphatic carbocycles. The molecule has 3 aliphatic rings. The number of phenolic OH excluding ortho intramolecular Hbond substituents is 1. The van der Waals surface area contributed by atoms with E-state index < -0.39 is 29.7 Å². The lowest BCUT2D eigenvalue weighted by molar-refractivity contribution is -0.136. The molecule has 0 radical (unpaired) electrons. The van der Waals surface area contributed by atoms with Crippen molar-refractivity contribution >= 4 is 58.0 Å². The normalized spacial score (nSPS) is 16.8. The van der Waals surface area contributed by atoms with Crippen molar-refractivity contribution in [2.75, 3.05) is 96.7 Å². The van der Waals surface area contributed by atoms with Crippen LogP contribution in [0.5, 0.6) is 11.5 Å². The number of hydrogen-bond acceptors (Lipinski definition) is 12. The third-order valence-electron chi connectivity index (χ3n) is 11.7. The Hall–Kier alpha value is -6.10. The molecule has 4 aromatic carbocycles. The fourth-order valence-electron chi connectivity index (χ4n) is 8.30. The number of allylic oxidation sites excluding steroid dienone is 1. The number of anilines is 1. The van der Waals surface area contributed by atoms with Crippen LogP contribution in [-0.4, -0.2) is 147 Å². The van der Waals surface area contributed by atoms with Crippen LogP contribution in [0.1, 0.15) is 63.1 Å². The molecule has 5 amide bonds. The zero-order valence-electron chi connectivity index (χ0n) is 36.9. The number of hydrogen-bond donors (Lipinski definition) is 3. The van der Waals surface area contributed by atoms with Crippen molar-refractivity contribution in [3.63, 3.8) is 0 Å². The zero-order valence-corrected chi connectivity index (χ0v) is 37.6. The number of fused-ring (bicyclic) bond motifs is 1. The highest BCUT2D eigenvalue weighted by Crippen LogP contribution is 2.36. The Balaban J connectivity index is 0.730. The van der Waals surface area contributed by atoms with Gasteiger partial charge in [-0.1, -0.05) is 60.7 Å². The van der Waals surface area contributed by atoms with E-state index in [9.17, 15) is 29.1 Å². The lowest BCUT2D eigenvalue weighted by Crippen LogP contribution is -2.54. The number of aromatic hydroxyl groups is 1. The smallest absolute Gasteiger partial charge is 0.264 e. The largest absolute Gasteiger partial charge is 0.508 e. The summed E-state index contributed by atoms with van der Waals surface area (Å²) >= 11 is 6.31. The first-order valence-corrected chi connectivity index (χ1v) is 22.9. The number of amides is 5. The first-order valence-electron chi connectivity index (χ1n) is 22.4. The molecule has 0 aromatic heterocycles. The van der Waals surface area contributed by atoms with Crippen LogP contribution in [0.3, 0.4) is 0 Å².